The van der Waals surface area contributed by atoms with Gasteiger partial charge in [-0.25, -0.2) is 0 Å². The van der Waals surface area contributed by atoms with E-state index in [4.69, 9.17) is 5.11 Å². The molecule has 0 aromatic carbocycles. The largest absolute Gasteiger partial charge is 0.480 e. The van der Waals surface area contributed by atoms with Crippen molar-refractivity contribution < 1.29 is 14.7 Å². The van der Waals surface area contributed by atoms with Crippen molar-refractivity contribution >= 4 is 11.9 Å². The molecule has 1 aromatic heterocycles. The van der Waals surface area contributed by atoms with E-state index in [1.807, 2.05) is 26.8 Å². The molecule has 2 N–H and O–H groups in total. The summed E-state index contributed by atoms with van der Waals surface area (Å²) >= 11 is 0. The van der Waals surface area contributed by atoms with Crippen LogP contribution in [0.4, 0.5) is 0 Å². The van der Waals surface area contributed by atoms with Crippen LogP contribution in [0.3, 0.4) is 0 Å². The normalized spacial score (nSPS) is 14.0. The van der Waals surface area contributed by atoms with Crippen LogP contribution >= 0.6 is 0 Å². The first-order chi connectivity index (χ1) is 8.31. The first-order valence-corrected chi connectivity index (χ1v) is 5.86. The van der Waals surface area contributed by atoms with Crippen LogP contribution in [0, 0.1) is 13.8 Å². The van der Waals surface area contributed by atoms with Crippen molar-refractivity contribution in [3.63, 3.8) is 0 Å². The molecule has 0 saturated carbocycles. The summed E-state index contributed by atoms with van der Waals surface area (Å²) in [5.74, 6) is -1.33. The molecule has 1 amide bonds. The second-order valence-corrected chi connectivity index (χ2v) is 4.55. The number of hydrogen-bond acceptors (Lipinski definition) is 3. The Bertz CT molecular complexity index is 453. The van der Waals surface area contributed by atoms with Gasteiger partial charge in [0.05, 0.1) is 11.7 Å². The average molecular weight is 253 g/mol. The number of aliphatic carboxylic acids is 1. The molecule has 6 nitrogen and oxygen atoms in total. The molecular weight excluding hydrogens is 234 g/mol. The van der Waals surface area contributed by atoms with E-state index < -0.39 is 12.0 Å². The predicted octanol–water partition coefficient (Wildman–Crippen LogP) is 1.04. The van der Waals surface area contributed by atoms with E-state index in [1.54, 1.807) is 4.68 Å². The molecule has 0 bridgehead atoms. The molecule has 0 saturated heterocycles. The van der Waals surface area contributed by atoms with E-state index in [-0.39, 0.29) is 18.4 Å². The van der Waals surface area contributed by atoms with E-state index >= 15 is 0 Å². The number of nitrogens with zero attached hydrogens (tertiary/aromatic N) is 2. The molecule has 1 heterocycles. The number of amides is 1. The van der Waals surface area contributed by atoms with Crippen LogP contribution < -0.4 is 5.32 Å². The van der Waals surface area contributed by atoms with Gasteiger partial charge in [-0.05, 0) is 33.8 Å². The van der Waals surface area contributed by atoms with E-state index in [0.717, 1.165) is 11.4 Å². The number of carboxylic acid groups (broad SMARTS) is 1. The van der Waals surface area contributed by atoms with E-state index in [1.165, 1.54) is 6.92 Å². The fourth-order valence-corrected chi connectivity index (χ4v) is 1.81. The SMILES string of the molecule is Cc1cc(C)n(C(C)CC(=O)N[C@H](C)C(=O)O)n1. The third-order valence-corrected chi connectivity index (χ3v) is 2.69. The molecule has 1 rings (SSSR count). The van der Waals surface area contributed by atoms with Crippen molar-refractivity contribution in [2.24, 2.45) is 0 Å². The zero-order chi connectivity index (χ0) is 13.9. The number of aryl methyl sites for hydroxylation is 2. The summed E-state index contributed by atoms with van der Waals surface area (Å²) in [6.45, 7) is 7.13. The Morgan fingerprint density at radius 3 is 2.50 bits per heavy atom. The summed E-state index contributed by atoms with van der Waals surface area (Å²) in [4.78, 5) is 22.3. The molecule has 1 aromatic rings. The van der Waals surface area contributed by atoms with Gasteiger partial charge >= 0.3 is 5.97 Å². The highest BCUT2D eigenvalue weighted by molar-refractivity contribution is 5.83. The van der Waals surface area contributed by atoms with Gasteiger partial charge in [-0.1, -0.05) is 0 Å². The molecule has 18 heavy (non-hydrogen) atoms. The molecule has 100 valence electrons. The highest BCUT2D eigenvalue weighted by Crippen LogP contribution is 2.13. The smallest absolute Gasteiger partial charge is 0.325 e. The number of carboxylic acids is 1. The highest BCUT2D eigenvalue weighted by Gasteiger charge is 2.18. The van der Waals surface area contributed by atoms with Crippen molar-refractivity contribution in [3.05, 3.63) is 17.5 Å². The number of carbonyl (C=O) groups excluding carboxylic acids is 1. The summed E-state index contributed by atoms with van der Waals surface area (Å²) in [6.07, 6.45) is 0.208. The van der Waals surface area contributed by atoms with Crippen LogP contribution in [-0.2, 0) is 9.59 Å². The molecule has 0 aliphatic rings. The first kappa shape index (κ1) is 14.2. The third kappa shape index (κ3) is 3.58. The maximum absolute atomic E-state index is 11.6. The first-order valence-electron chi connectivity index (χ1n) is 5.86. The molecule has 0 radical (unpaired) electrons. The molecule has 1 unspecified atom stereocenters. The lowest BCUT2D eigenvalue weighted by molar-refractivity contribution is -0.141. The third-order valence-electron chi connectivity index (χ3n) is 2.69. The highest BCUT2D eigenvalue weighted by atomic mass is 16.4. The molecule has 2 atom stereocenters. The van der Waals surface area contributed by atoms with Gasteiger partial charge in [0.2, 0.25) is 5.91 Å². The van der Waals surface area contributed by atoms with Crippen LogP contribution in [-0.4, -0.2) is 32.8 Å². The second kappa shape index (κ2) is 5.66. The van der Waals surface area contributed by atoms with E-state index in [0.29, 0.717) is 0 Å². The fourth-order valence-electron chi connectivity index (χ4n) is 1.81. The van der Waals surface area contributed by atoms with Crippen molar-refractivity contribution in [1.29, 1.82) is 0 Å². The summed E-state index contributed by atoms with van der Waals surface area (Å²) in [7, 11) is 0. The van der Waals surface area contributed by atoms with Gasteiger partial charge in [0.25, 0.3) is 0 Å². The standard InChI is InChI=1S/C12H19N3O3/c1-7-5-8(2)15(14-7)9(3)6-11(16)13-10(4)12(17)18/h5,9-10H,6H2,1-4H3,(H,13,16)(H,17,18)/t9?,10-/m1/s1. The summed E-state index contributed by atoms with van der Waals surface area (Å²) in [6, 6.07) is 0.971. The predicted molar refractivity (Wildman–Crippen MR) is 66.3 cm³/mol. The van der Waals surface area contributed by atoms with Gasteiger partial charge in [0.15, 0.2) is 0 Å². The fraction of sp³-hybridized carbons (Fsp3) is 0.583. The lowest BCUT2D eigenvalue weighted by Gasteiger charge is -2.15. The average Bonchev–Trinajstić information content (AvgIpc) is 2.57. The van der Waals surface area contributed by atoms with E-state index in [2.05, 4.69) is 10.4 Å². The molecule has 0 aliphatic heterocycles. The van der Waals surface area contributed by atoms with Crippen LogP contribution in [0.2, 0.25) is 0 Å². The molecule has 0 spiro atoms. The number of aromatic nitrogens is 2. The maximum Gasteiger partial charge on any atom is 0.325 e. The Balaban J connectivity index is 2.60. The van der Waals surface area contributed by atoms with Crippen LogP contribution in [0.25, 0.3) is 0 Å². The molecular formula is C12H19N3O3. The van der Waals surface area contributed by atoms with Crippen LogP contribution in [0.1, 0.15) is 37.7 Å². The van der Waals surface area contributed by atoms with Gasteiger partial charge in [-0.2, -0.15) is 5.10 Å². The number of nitrogens with one attached hydrogen (secondary N) is 1. The Morgan fingerprint density at radius 2 is 2.06 bits per heavy atom. The minimum absolute atomic E-state index is 0.0975. The zero-order valence-corrected chi connectivity index (χ0v) is 11.1. The van der Waals surface area contributed by atoms with Crippen LogP contribution in [0.5, 0.6) is 0 Å². The van der Waals surface area contributed by atoms with Crippen molar-refractivity contribution in [2.45, 2.75) is 46.2 Å². The lowest BCUT2D eigenvalue weighted by atomic mass is 10.2. The zero-order valence-electron chi connectivity index (χ0n) is 11.1. The Morgan fingerprint density at radius 1 is 1.44 bits per heavy atom. The monoisotopic (exact) mass is 253 g/mol. The van der Waals surface area contributed by atoms with Crippen LogP contribution in [0.15, 0.2) is 6.07 Å². The van der Waals surface area contributed by atoms with Gasteiger partial charge in [-0.15, -0.1) is 0 Å². The molecule has 0 aliphatic carbocycles. The van der Waals surface area contributed by atoms with Crippen molar-refractivity contribution in [1.82, 2.24) is 15.1 Å². The van der Waals surface area contributed by atoms with Gasteiger partial charge in [0.1, 0.15) is 6.04 Å². The van der Waals surface area contributed by atoms with Gasteiger partial charge < -0.3 is 10.4 Å². The molecule has 6 heteroatoms. The lowest BCUT2D eigenvalue weighted by Crippen LogP contribution is -2.39. The van der Waals surface area contributed by atoms with Crippen molar-refractivity contribution in [3.8, 4) is 0 Å². The summed E-state index contributed by atoms with van der Waals surface area (Å²) in [5, 5.41) is 15.4. The topological polar surface area (TPSA) is 84.2 Å². The summed E-state index contributed by atoms with van der Waals surface area (Å²) < 4.78 is 1.78. The quantitative estimate of drug-likeness (QED) is 0.821. The van der Waals surface area contributed by atoms with Crippen molar-refractivity contribution in [2.75, 3.05) is 0 Å². The van der Waals surface area contributed by atoms with Gasteiger partial charge in [-0.3, -0.25) is 14.3 Å². The minimum atomic E-state index is -1.04. The maximum atomic E-state index is 11.6. The van der Waals surface area contributed by atoms with Gasteiger partial charge in [0, 0.05) is 12.1 Å². The number of rotatable bonds is 5. The Kier molecular flexibility index (Phi) is 4.47. The minimum Gasteiger partial charge on any atom is -0.480 e. The molecule has 0 fully saturated rings. The Hall–Kier alpha value is -1.85. The number of carbonyl (C=O) groups is 2. The second-order valence-electron chi connectivity index (χ2n) is 4.55. The van der Waals surface area contributed by atoms with E-state index in [9.17, 15) is 9.59 Å². The summed E-state index contributed by atoms with van der Waals surface area (Å²) in [5.41, 5.74) is 1.89. The number of hydrogen-bond donors (Lipinski definition) is 2. The Labute approximate surface area is 106 Å².